The van der Waals surface area contributed by atoms with Crippen LogP contribution in [-0.4, -0.2) is 28.5 Å². The van der Waals surface area contributed by atoms with Crippen LogP contribution in [0.15, 0.2) is 59.5 Å². The average molecular weight is 455 g/mol. The van der Waals surface area contributed by atoms with Crippen molar-refractivity contribution in [1.82, 2.24) is 0 Å². The molecular weight excluding hydrogens is 428 g/mol. The summed E-state index contributed by atoms with van der Waals surface area (Å²) < 4.78 is 39.3. The summed E-state index contributed by atoms with van der Waals surface area (Å²) in [4.78, 5) is 12.9. The zero-order valence-electron chi connectivity index (χ0n) is 18.6. The molecule has 8 heteroatoms. The smallest absolute Gasteiger partial charge is 0.262 e. The lowest BCUT2D eigenvalue weighted by atomic mass is 10.1. The molecule has 2 N–H and O–H groups in total. The number of nitrogens with one attached hydrogen (secondary N) is 2. The van der Waals surface area contributed by atoms with Gasteiger partial charge in [0, 0.05) is 11.6 Å². The summed E-state index contributed by atoms with van der Waals surface area (Å²) >= 11 is 0. The summed E-state index contributed by atoms with van der Waals surface area (Å²) in [5.41, 5.74) is 3.49. The Hall–Kier alpha value is -3.52. The molecule has 3 rings (SSSR count). The van der Waals surface area contributed by atoms with Crippen molar-refractivity contribution < 1.29 is 22.7 Å². The second-order valence-electron chi connectivity index (χ2n) is 7.35. The number of hydrogen-bond donors (Lipinski definition) is 2. The van der Waals surface area contributed by atoms with Crippen molar-refractivity contribution >= 4 is 27.3 Å². The molecule has 7 nitrogen and oxygen atoms in total. The fourth-order valence-corrected chi connectivity index (χ4v) is 4.58. The molecule has 0 bridgehead atoms. The molecule has 0 fully saturated rings. The zero-order chi connectivity index (χ0) is 23.5. The standard InChI is InChI=1S/C24H26N2O5S/c1-15-7-6-8-20(17(15)3)26-32(28,29)23-13-18(10-9-16(23)2)24(27)25-21-12-11-19(30-4)14-22(21)31-5/h6-14,26H,1-5H3,(H,25,27). The highest BCUT2D eigenvalue weighted by molar-refractivity contribution is 7.92. The van der Waals surface area contributed by atoms with E-state index in [9.17, 15) is 13.2 Å². The predicted octanol–water partition coefficient (Wildman–Crippen LogP) is 4.68. The first kappa shape index (κ1) is 23.1. The largest absolute Gasteiger partial charge is 0.497 e. The Morgan fingerprint density at radius 3 is 2.28 bits per heavy atom. The summed E-state index contributed by atoms with van der Waals surface area (Å²) in [6, 6.07) is 15.0. The molecular formula is C24H26N2O5S. The van der Waals surface area contributed by atoms with Crippen LogP contribution in [0.4, 0.5) is 11.4 Å². The van der Waals surface area contributed by atoms with Gasteiger partial charge in [-0.3, -0.25) is 9.52 Å². The number of rotatable bonds is 7. The summed E-state index contributed by atoms with van der Waals surface area (Å²) in [7, 11) is -0.884. The van der Waals surface area contributed by atoms with Gasteiger partial charge >= 0.3 is 0 Å². The zero-order valence-corrected chi connectivity index (χ0v) is 19.5. The van der Waals surface area contributed by atoms with Gasteiger partial charge in [-0.05, 0) is 67.8 Å². The Kier molecular flexibility index (Phi) is 6.74. The van der Waals surface area contributed by atoms with Crippen LogP contribution in [0.2, 0.25) is 0 Å². The Morgan fingerprint density at radius 2 is 1.59 bits per heavy atom. The molecule has 0 saturated heterocycles. The SMILES string of the molecule is COc1ccc(NC(=O)c2ccc(C)c(S(=O)(=O)Nc3cccc(C)c3C)c2)c(OC)c1. The van der Waals surface area contributed by atoms with E-state index in [2.05, 4.69) is 10.0 Å². The van der Waals surface area contributed by atoms with E-state index in [1.807, 2.05) is 19.9 Å². The van der Waals surface area contributed by atoms with Crippen LogP contribution in [-0.2, 0) is 10.0 Å². The van der Waals surface area contributed by atoms with E-state index in [4.69, 9.17) is 9.47 Å². The molecule has 0 atom stereocenters. The predicted molar refractivity (Wildman–Crippen MR) is 125 cm³/mol. The molecule has 0 heterocycles. The van der Waals surface area contributed by atoms with Crippen molar-refractivity contribution in [3.05, 3.63) is 76.9 Å². The second kappa shape index (κ2) is 9.32. The molecule has 0 aromatic heterocycles. The quantitative estimate of drug-likeness (QED) is 0.541. The summed E-state index contributed by atoms with van der Waals surface area (Å²) in [5, 5.41) is 2.76. The van der Waals surface area contributed by atoms with Crippen molar-refractivity contribution in [3.63, 3.8) is 0 Å². The molecule has 0 saturated carbocycles. The lowest BCUT2D eigenvalue weighted by molar-refractivity contribution is 0.102. The van der Waals surface area contributed by atoms with Gasteiger partial charge in [-0.25, -0.2) is 8.42 Å². The van der Waals surface area contributed by atoms with Gasteiger partial charge in [0.05, 0.1) is 30.5 Å². The maximum absolute atomic E-state index is 13.1. The molecule has 0 unspecified atom stereocenters. The number of carbonyl (C=O) groups excluding carboxylic acids is 1. The monoisotopic (exact) mass is 454 g/mol. The fraction of sp³-hybridized carbons (Fsp3) is 0.208. The Bertz CT molecular complexity index is 1270. The van der Waals surface area contributed by atoms with Gasteiger partial charge in [0.15, 0.2) is 0 Å². The minimum atomic E-state index is -3.91. The van der Waals surface area contributed by atoms with E-state index < -0.39 is 15.9 Å². The summed E-state index contributed by atoms with van der Waals surface area (Å²) in [6.07, 6.45) is 0. The van der Waals surface area contributed by atoms with E-state index >= 15 is 0 Å². The lowest BCUT2D eigenvalue weighted by Crippen LogP contribution is -2.18. The number of sulfonamides is 1. The number of aryl methyl sites for hydroxylation is 2. The first-order valence-corrected chi connectivity index (χ1v) is 11.4. The van der Waals surface area contributed by atoms with E-state index in [0.717, 1.165) is 11.1 Å². The van der Waals surface area contributed by atoms with Crippen LogP contribution in [0.25, 0.3) is 0 Å². The third-order valence-corrected chi connectivity index (χ3v) is 6.75. The topological polar surface area (TPSA) is 93.7 Å². The van der Waals surface area contributed by atoms with Gasteiger partial charge in [0.1, 0.15) is 11.5 Å². The van der Waals surface area contributed by atoms with E-state index in [-0.39, 0.29) is 10.5 Å². The summed E-state index contributed by atoms with van der Waals surface area (Å²) in [5.74, 6) is 0.548. The van der Waals surface area contributed by atoms with E-state index in [1.165, 1.54) is 20.3 Å². The Balaban J connectivity index is 1.91. The van der Waals surface area contributed by atoms with Gasteiger partial charge in [0.25, 0.3) is 15.9 Å². The number of ether oxygens (including phenoxy) is 2. The first-order chi connectivity index (χ1) is 15.2. The fourth-order valence-electron chi connectivity index (χ4n) is 3.19. The third kappa shape index (κ3) is 4.86. The maximum atomic E-state index is 13.1. The number of carbonyl (C=O) groups is 1. The van der Waals surface area contributed by atoms with Crippen molar-refractivity contribution in [2.24, 2.45) is 0 Å². The van der Waals surface area contributed by atoms with Crippen molar-refractivity contribution in [2.75, 3.05) is 24.3 Å². The molecule has 0 radical (unpaired) electrons. The van der Waals surface area contributed by atoms with Gasteiger partial charge in [-0.15, -0.1) is 0 Å². The molecule has 0 aliphatic carbocycles. The minimum Gasteiger partial charge on any atom is -0.497 e. The van der Waals surface area contributed by atoms with Crippen LogP contribution in [0.1, 0.15) is 27.0 Å². The highest BCUT2D eigenvalue weighted by Gasteiger charge is 2.21. The van der Waals surface area contributed by atoms with Crippen LogP contribution in [0.5, 0.6) is 11.5 Å². The van der Waals surface area contributed by atoms with Crippen LogP contribution in [0.3, 0.4) is 0 Å². The number of anilines is 2. The highest BCUT2D eigenvalue weighted by atomic mass is 32.2. The van der Waals surface area contributed by atoms with Crippen molar-refractivity contribution in [2.45, 2.75) is 25.7 Å². The van der Waals surface area contributed by atoms with Crippen molar-refractivity contribution in [1.29, 1.82) is 0 Å². The molecule has 0 aliphatic heterocycles. The van der Waals surface area contributed by atoms with Gasteiger partial charge in [-0.1, -0.05) is 18.2 Å². The molecule has 168 valence electrons. The minimum absolute atomic E-state index is 0.0350. The molecule has 0 aliphatic rings. The normalized spacial score (nSPS) is 11.0. The van der Waals surface area contributed by atoms with Crippen molar-refractivity contribution in [3.8, 4) is 11.5 Å². The Labute approximate surface area is 188 Å². The molecule has 3 aromatic carbocycles. The average Bonchev–Trinajstić information content (AvgIpc) is 2.77. The Morgan fingerprint density at radius 1 is 0.844 bits per heavy atom. The third-order valence-electron chi connectivity index (χ3n) is 5.25. The lowest BCUT2D eigenvalue weighted by Gasteiger charge is -2.15. The number of methoxy groups -OCH3 is 2. The molecule has 3 aromatic rings. The molecule has 32 heavy (non-hydrogen) atoms. The molecule has 0 spiro atoms. The molecule has 1 amide bonds. The van der Waals surface area contributed by atoms with Crippen LogP contribution in [0, 0.1) is 20.8 Å². The van der Waals surface area contributed by atoms with Gasteiger partial charge in [0.2, 0.25) is 0 Å². The van der Waals surface area contributed by atoms with Crippen LogP contribution >= 0.6 is 0 Å². The van der Waals surface area contributed by atoms with E-state index in [1.54, 1.807) is 49.4 Å². The highest BCUT2D eigenvalue weighted by Crippen LogP contribution is 2.30. The van der Waals surface area contributed by atoms with Crippen LogP contribution < -0.4 is 19.5 Å². The maximum Gasteiger partial charge on any atom is 0.262 e. The number of benzene rings is 3. The van der Waals surface area contributed by atoms with E-state index in [0.29, 0.717) is 28.4 Å². The number of amides is 1. The van der Waals surface area contributed by atoms with Gasteiger partial charge in [-0.2, -0.15) is 0 Å². The summed E-state index contributed by atoms with van der Waals surface area (Å²) in [6.45, 7) is 5.45. The second-order valence-corrected chi connectivity index (χ2v) is 9.00. The first-order valence-electron chi connectivity index (χ1n) is 9.89. The van der Waals surface area contributed by atoms with Gasteiger partial charge < -0.3 is 14.8 Å². The number of hydrogen-bond acceptors (Lipinski definition) is 5.